The lowest BCUT2D eigenvalue weighted by atomic mass is 10.1. The minimum Gasteiger partial charge on any atom is -0.463 e. The van der Waals surface area contributed by atoms with E-state index in [1.54, 1.807) is 4.68 Å². The summed E-state index contributed by atoms with van der Waals surface area (Å²) in [6, 6.07) is 15.4. The van der Waals surface area contributed by atoms with Crippen molar-refractivity contribution < 1.29 is 9.53 Å². The van der Waals surface area contributed by atoms with Gasteiger partial charge in [-0.05, 0) is 36.4 Å². The summed E-state index contributed by atoms with van der Waals surface area (Å²) >= 11 is 5.99. The second-order valence-corrected chi connectivity index (χ2v) is 5.74. The van der Waals surface area contributed by atoms with Gasteiger partial charge in [0.2, 0.25) is 0 Å². The van der Waals surface area contributed by atoms with E-state index in [1.165, 1.54) is 7.11 Å². The highest BCUT2D eigenvalue weighted by molar-refractivity contribution is 6.30. The third kappa shape index (κ3) is 2.32. The van der Waals surface area contributed by atoms with Gasteiger partial charge in [0.15, 0.2) is 5.82 Å². The fraction of sp³-hybridized carbons (Fsp3) is 0.118. The van der Waals surface area contributed by atoms with Crippen LogP contribution in [-0.2, 0) is 11.3 Å². The van der Waals surface area contributed by atoms with Crippen molar-refractivity contribution in [1.82, 2.24) is 14.8 Å². The van der Waals surface area contributed by atoms with E-state index in [9.17, 15) is 4.79 Å². The summed E-state index contributed by atoms with van der Waals surface area (Å²) in [6.45, 7) is 0.489. The van der Waals surface area contributed by atoms with Crippen LogP contribution in [0.4, 0.5) is 11.4 Å². The number of rotatable bonds is 2. The van der Waals surface area contributed by atoms with E-state index in [4.69, 9.17) is 16.3 Å². The fourth-order valence-corrected chi connectivity index (χ4v) is 2.89. The highest BCUT2D eigenvalue weighted by atomic mass is 35.5. The van der Waals surface area contributed by atoms with Gasteiger partial charge in [-0.1, -0.05) is 23.7 Å². The SMILES string of the molecule is COC(=O)c1nc2n(n1)-c1ccccc1N(c1ccc(Cl)cc1)C2. The molecule has 0 bridgehead atoms. The number of carbonyl (C=O) groups excluding carboxylic acids is 1. The maximum Gasteiger partial charge on any atom is 0.377 e. The van der Waals surface area contributed by atoms with E-state index in [0.717, 1.165) is 17.1 Å². The van der Waals surface area contributed by atoms with Crippen molar-refractivity contribution in [3.8, 4) is 5.69 Å². The van der Waals surface area contributed by atoms with E-state index in [1.807, 2.05) is 48.5 Å². The number of hydrogen-bond acceptors (Lipinski definition) is 5. The zero-order chi connectivity index (χ0) is 16.7. The van der Waals surface area contributed by atoms with E-state index in [0.29, 0.717) is 17.4 Å². The molecule has 120 valence electrons. The predicted molar refractivity (Wildman–Crippen MR) is 90.0 cm³/mol. The number of carbonyl (C=O) groups is 1. The number of hydrogen-bond donors (Lipinski definition) is 0. The predicted octanol–water partition coefficient (Wildman–Crippen LogP) is 3.36. The molecule has 1 aliphatic rings. The first kappa shape index (κ1) is 14.7. The van der Waals surface area contributed by atoms with Gasteiger partial charge in [0.05, 0.1) is 25.0 Å². The Morgan fingerprint density at radius 2 is 1.83 bits per heavy atom. The van der Waals surface area contributed by atoms with Crippen molar-refractivity contribution in [2.75, 3.05) is 12.0 Å². The Labute approximate surface area is 143 Å². The second kappa shape index (κ2) is 5.65. The van der Waals surface area contributed by atoms with Crippen LogP contribution in [0, 0.1) is 0 Å². The normalized spacial score (nSPS) is 12.5. The molecule has 0 spiro atoms. The Balaban J connectivity index is 1.85. The third-order valence-corrected chi connectivity index (χ3v) is 4.13. The number of para-hydroxylation sites is 2. The summed E-state index contributed by atoms with van der Waals surface area (Å²) in [5.74, 6) is 0.178. The van der Waals surface area contributed by atoms with E-state index >= 15 is 0 Å². The highest BCUT2D eigenvalue weighted by Gasteiger charge is 2.27. The molecule has 3 aromatic rings. The molecule has 2 aromatic carbocycles. The van der Waals surface area contributed by atoms with Crippen molar-refractivity contribution in [2.45, 2.75) is 6.54 Å². The molecule has 2 heterocycles. The summed E-state index contributed by atoms with van der Waals surface area (Å²) in [4.78, 5) is 18.2. The number of methoxy groups -OCH3 is 1. The summed E-state index contributed by atoms with van der Waals surface area (Å²) in [6.07, 6.45) is 0. The standard InChI is InChI=1S/C17H13ClN4O2/c1-24-17(23)16-19-15-10-21(12-8-6-11(18)7-9-12)13-4-2-3-5-14(13)22(15)20-16/h2-9H,10H2,1H3. The number of nitrogens with zero attached hydrogens (tertiary/aromatic N) is 4. The summed E-state index contributed by atoms with van der Waals surface area (Å²) in [5.41, 5.74) is 2.82. The maximum absolute atomic E-state index is 11.7. The lowest BCUT2D eigenvalue weighted by Crippen LogP contribution is -2.25. The van der Waals surface area contributed by atoms with Gasteiger partial charge in [0.1, 0.15) is 0 Å². The molecule has 0 amide bonds. The molecule has 24 heavy (non-hydrogen) atoms. The van der Waals surface area contributed by atoms with Crippen molar-refractivity contribution >= 4 is 28.9 Å². The smallest absolute Gasteiger partial charge is 0.377 e. The molecule has 0 aliphatic carbocycles. The summed E-state index contributed by atoms with van der Waals surface area (Å²) in [5, 5.41) is 4.97. The van der Waals surface area contributed by atoms with Crippen molar-refractivity contribution in [3.63, 3.8) is 0 Å². The zero-order valence-electron chi connectivity index (χ0n) is 12.8. The molecule has 0 N–H and O–H groups in total. The van der Waals surface area contributed by atoms with E-state index in [-0.39, 0.29) is 5.82 Å². The molecule has 4 rings (SSSR count). The van der Waals surface area contributed by atoms with Crippen LogP contribution < -0.4 is 4.90 Å². The Morgan fingerprint density at radius 3 is 2.54 bits per heavy atom. The molecule has 1 aliphatic heterocycles. The number of fused-ring (bicyclic) bond motifs is 3. The molecule has 7 heteroatoms. The number of anilines is 2. The molecule has 0 atom stereocenters. The topological polar surface area (TPSA) is 60.2 Å². The molecule has 0 radical (unpaired) electrons. The summed E-state index contributed by atoms with van der Waals surface area (Å²) < 4.78 is 6.41. The van der Waals surface area contributed by atoms with Crippen molar-refractivity contribution in [3.05, 3.63) is 65.2 Å². The largest absolute Gasteiger partial charge is 0.463 e. The van der Waals surface area contributed by atoms with Crippen LogP contribution in [0.15, 0.2) is 48.5 Å². The van der Waals surface area contributed by atoms with Gasteiger partial charge in [-0.3, -0.25) is 0 Å². The van der Waals surface area contributed by atoms with Crippen LogP contribution >= 0.6 is 11.6 Å². The molecular formula is C17H13ClN4O2. The first-order valence-electron chi connectivity index (χ1n) is 7.34. The zero-order valence-corrected chi connectivity index (χ0v) is 13.6. The van der Waals surface area contributed by atoms with Gasteiger partial charge in [-0.25, -0.2) is 14.5 Å². The van der Waals surface area contributed by atoms with Gasteiger partial charge < -0.3 is 9.64 Å². The number of ether oxygens (including phenoxy) is 1. The van der Waals surface area contributed by atoms with Crippen LogP contribution in [0.2, 0.25) is 5.02 Å². The molecule has 6 nitrogen and oxygen atoms in total. The quantitative estimate of drug-likeness (QED) is 0.669. The van der Waals surface area contributed by atoms with Crippen LogP contribution in [0.5, 0.6) is 0 Å². The Morgan fingerprint density at radius 1 is 1.12 bits per heavy atom. The molecular weight excluding hydrogens is 328 g/mol. The average Bonchev–Trinajstić information content (AvgIpc) is 3.05. The lowest BCUT2D eigenvalue weighted by molar-refractivity contribution is 0.0587. The second-order valence-electron chi connectivity index (χ2n) is 5.31. The first-order chi connectivity index (χ1) is 11.7. The molecule has 0 unspecified atom stereocenters. The van der Waals surface area contributed by atoms with Crippen molar-refractivity contribution in [1.29, 1.82) is 0 Å². The van der Waals surface area contributed by atoms with Crippen LogP contribution in [0.1, 0.15) is 16.4 Å². The van der Waals surface area contributed by atoms with E-state index in [2.05, 4.69) is 15.0 Å². The van der Waals surface area contributed by atoms with Crippen molar-refractivity contribution in [2.24, 2.45) is 0 Å². The lowest BCUT2D eigenvalue weighted by Gasteiger charge is -2.30. The minimum absolute atomic E-state index is 0.0558. The number of esters is 1. The Kier molecular flexibility index (Phi) is 3.46. The molecule has 0 saturated heterocycles. The third-order valence-electron chi connectivity index (χ3n) is 3.88. The summed E-state index contributed by atoms with van der Waals surface area (Å²) in [7, 11) is 1.32. The van der Waals surface area contributed by atoms with Gasteiger partial charge in [-0.15, -0.1) is 5.10 Å². The first-order valence-corrected chi connectivity index (χ1v) is 7.72. The van der Waals surface area contributed by atoms with Gasteiger partial charge in [0, 0.05) is 10.7 Å². The van der Waals surface area contributed by atoms with Gasteiger partial charge in [-0.2, -0.15) is 0 Å². The van der Waals surface area contributed by atoms with Gasteiger partial charge in [0.25, 0.3) is 5.82 Å². The van der Waals surface area contributed by atoms with Gasteiger partial charge >= 0.3 is 5.97 Å². The van der Waals surface area contributed by atoms with Crippen LogP contribution in [-0.4, -0.2) is 27.8 Å². The highest BCUT2D eigenvalue weighted by Crippen LogP contribution is 2.36. The van der Waals surface area contributed by atoms with Crippen LogP contribution in [0.3, 0.4) is 0 Å². The number of aromatic nitrogens is 3. The Bertz CT molecular complexity index is 921. The van der Waals surface area contributed by atoms with E-state index < -0.39 is 5.97 Å². The molecule has 0 saturated carbocycles. The fourth-order valence-electron chi connectivity index (χ4n) is 2.77. The van der Waals surface area contributed by atoms with Crippen LogP contribution in [0.25, 0.3) is 5.69 Å². The monoisotopic (exact) mass is 340 g/mol. The number of benzene rings is 2. The minimum atomic E-state index is -0.549. The molecule has 0 fully saturated rings. The molecule has 1 aromatic heterocycles. The maximum atomic E-state index is 11.7. The Hall–Kier alpha value is -2.86. The number of halogens is 1. The average molecular weight is 341 g/mol.